The molecule has 2 amide bonds. The summed E-state index contributed by atoms with van der Waals surface area (Å²) in [5.41, 5.74) is 4.09. The van der Waals surface area contributed by atoms with Crippen molar-refractivity contribution < 1.29 is 27.2 Å². The Morgan fingerprint density at radius 2 is 1.62 bits per heavy atom. The van der Waals surface area contributed by atoms with Crippen LogP contribution in [-0.4, -0.2) is 42.7 Å². The number of carbonyl (C=O) groups excluding carboxylic acids is 2. The van der Waals surface area contributed by atoms with E-state index in [-0.39, 0.29) is 17.9 Å². The average Bonchev–Trinajstić information content (AvgIpc) is 3.57. The van der Waals surface area contributed by atoms with E-state index in [1.807, 2.05) is 55.5 Å². The molecule has 0 radical (unpaired) electrons. The van der Waals surface area contributed by atoms with Gasteiger partial charge in [0.1, 0.15) is 17.3 Å². The van der Waals surface area contributed by atoms with Gasteiger partial charge in [0.2, 0.25) is 21.8 Å². The van der Waals surface area contributed by atoms with E-state index >= 15 is 0 Å². The quantitative estimate of drug-likeness (QED) is 0.228. The van der Waals surface area contributed by atoms with Crippen molar-refractivity contribution in [1.29, 1.82) is 0 Å². The zero-order valence-electron chi connectivity index (χ0n) is 22.9. The number of aryl methyl sites for hydroxylation is 1. The van der Waals surface area contributed by atoms with E-state index in [1.54, 1.807) is 36.4 Å². The first kappa shape index (κ1) is 27.4. The van der Waals surface area contributed by atoms with Crippen LogP contribution in [0.5, 0.6) is 5.75 Å². The SMILES string of the molecule is COc1ccc(S(=O)(=O)N(Cc2ccc(C)cc2)C2CC(=O)N(c3ccc(-c4nc5ccccc5o4)cc3)C2=O)cc1. The van der Waals surface area contributed by atoms with Crippen LogP contribution in [0.15, 0.2) is 106 Å². The van der Waals surface area contributed by atoms with Crippen LogP contribution >= 0.6 is 0 Å². The van der Waals surface area contributed by atoms with Gasteiger partial charge in [-0.25, -0.2) is 18.3 Å². The second-order valence-electron chi connectivity index (χ2n) is 10.0. The molecule has 10 heteroatoms. The number of rotatable bonds is 8. The minimum atomic E-state index is -4.18. The molecule has 6 rings (SSSR count). The number of para-hydroxylation sites is 2. The van der Waals surface area contributed by atoms with E-state index in [1.165, 1.54) is 19.2 Å². The number of imide groups is 1. The third kappa shape index (κ3) is 5.06. The van der Waals surface area contributed by atoms with Crippen molar-refractivity contribution in [2.75, 3.05) is 12.0 Å². The van der Waals surface area contributed by atoms with Crippen LogP contribution in [-0.2, 0) is 26.2 Å². The van der Waals surface area contributed by atoms with Crippen molar-refractivity contribution in [2.24, 2.45) is 0 Å². The maximum absolute atomic E-state index is 13.9. The molecule has 1 unspecified atom stereocenters. The van der Waals surface area contributed by atoms with Gasteiger partial charge in [-0.15, -0.1) is 0 Å². The van der Waals surface area contributed by atoms with Crippen molar-refractivity contribution in [3.05, 3.63) is 108 Å². The normalized spacial score (nSPS) is 15.6. The van der Waals surface area contributed by atoms with E-state index in [9.17, 15) is 18.0 Å². The smallest absolute Gasteiger partial charge is 0.252 e. The summed E-state index contributed by atoms with van der Waals surface area (Å²) >= 11 is 0. The molecule has 0 saturated carbocycles. The molecule has 9 nitrogen and oxygen atoms in total. The maximum Gasteiger partial charge on any atom is 0.252 e. The number of fused-ring (bicyclic) bond motifs is 1. The number of benzene rings is 4. The number of oxazole rings is 1. The van der Waals surface area contributed by atoms with Crippen LogP contribution in [0.4, 0.5) is 5.69 Å². The third-order valence-corrected chi connectivity index (χ3v) is 9.13. The van der Waals surface area contributed by atoms with Gasteiger partial charge in [-0.1, -0.05) is 42.0 Å². The van der Waals surface area contributed by atoms with Crippen molar-refractivity contribution in [3.8, 4) is 17.2 Å². The number of aromatic nitrogens is 1. The summed E-state index contributed by atoms with van der Waals surface area (Å²) in [6.45, 7) is 1.85. The van der Waals surface area contributed by atoms with Crippen LogP contribution < -0.4 is 9.64 Å². The summed E-state index contributed by atoms with van der Waals surface area (Å²) in [7, 11) is -2.69. The number of amides is 2. The third-order valence-electron chi connectivity index (χ3n) is 7.26. The minimum Gasteiger partial charge on any atom is -0.497 e. The van der Waals surface area contributed by atoms with Crippen LogP contribution in [0, 0.1) is 6.92 Å². The lowest BCUT2D eigenvalue weighted by Gasteiger charge is -2.27. The van der Waals surface area contributed by atoms with Gasteiger partial charge >= 0.3 is 0 Å². The maximum atomic E-state index is 13.9. The first-order valence-electron chi connectivity index (χ1n) is 13.3. The standard InChI is InChI=1S/C32H27N3O6S/c1-21-7-9-22(10-8-21)20-34(42(38,39)26-17-15-25(40-2)16-18-26)28-19-30(36)35(32(28)37)24-13-11-23(12-14-24)31-33-27-5-3-4-6-29(27)41-31/h3-18,28H,19-20H2,1-2H3. The number of carbonyl (C=O) groups is 2. The molecule has 1 aliphatic rings. The molecule has 1 fully saturated rings. The Hall–Kier alpha value is -4.80. The summed E-state index contributed by atoms with van der Waals surface area (Å²) in [5.74, 6) is -0.189. The molecule has 2 heterocycles. The predicted molar refractivity (Wildman–Crippen MR) is 157 cm³/mol. The Bertz CT molecular complexity index is 1850. The Balaban J connectivity index is 1.32. The Kier molecular flexibility index (Phi) is 7.09. The first-order valence-corrected chi connectivity index (χ1v) is 14.7. The lowest BCUT2D eigenvalue weighted by atomic mass is 10.1. The van der Waals surface area contributed by atoms with Crippen molar-refractivity contribution in [3.63, 3.8) is 0 Å². The topological polar surface area (TPSA) is 110 Å². The molecule has 212 valence electrons. The molecule has 4 aromatic carbocycles. The fourth-order valence-corrected chi connectivity index (χ4v) is 6.55. The summed E-state index contributed by atoms with van der Waals surface area (Å²) in [4.78, 5) is 32.6. The lowest BCUT2D eigenvalue weighted by molar-refractivity contribution is -0.122. The summed E-state index contributed by atoms with van der Waals surface area (Å²) in [6.07, 6.45) is -0.285. The van der Waals surface area contributed by atoms with Crippen molar-refractivity contribution in [2.45, 2.75) is 30.8 Å². The highest BCUT2D eigenvalue weighted by molar-refractivity contribution is 7.89. The number of anilines is 1. The zero-order valence-corrected chi connectivity index (χ0v) is 23.7. The summed E-state index contributed by atoms with van der Waals surface area (Å²) < 4.78 is 40.0. The Morgan fingerprint density at radius 1 is 0.929 bits per heavy atom. The number of methoxy groups -OCH3 is 1. The zero-order chi connectivity index (χ0) is 29.4. The fourth-order valence-electron chi connectivity index (χ4n) is 4.98. The van der Waals surface area contributed by atoms with Crippen molar-refractivity contribution in [1.82, 2.24) is 9.29 Å². The molecule has 0 spiro atoms. The minimum absolute atomic E-state index is 0.00296. The van der Waals surface area contributed by atoms with Gasteiger partial charge in [0, 0.05) is 12.1 Å². The van der Waals surface area contributed by atoms with E-state index < -0.39 is 27.9 Å². The van der Waals surface area contributed by atoms with Crippen LogP contribution in [0.25, 0.3) is 22.6 Å². The van der Waals surface area contributed by atoms with E-state index in [0.717, 1.165) is 20.3 Å². The van der Waals surface area contributed by atoms with Gasteiger partial charge in [-0.2, -0.15) is 4.31 Å². The van der Waals surface area contributed by atoms with Gasteiger partial charge < -0.3 is 9.15 Å². The van der Waals surface area contributed by atoms with E-state index in [2.05, 4.69) is 4.98 Å². The second kappa shape index (κ2) is 10.9. The highest BCUT2D eigenvalue weighted by atomic mass is 32.2. The molecule has 1 atom stereocenters. The van der Waals surface area contributed by atoms with E-state index in [0.29, 0.717) is 34.0 Å². The molecule has 1 aliphatic heterocycles. The van der Waals surface area contributed by atoms with Gasteiger partial charge in [0.05, 0.1) is 24.1 Å². The number of sulfonamides is 1. The summed E-state index contributed by atoms with van der Waals surface area (Å²) in [5, 5.41) is 0. The van der Waals surface area contributed by atoms with Gasteiger partial charge in [0.15, 0.2) is 5.58 Å². The monoisotopic (exact) mass is 581 g/mol. The van der Waals surface area contributed by atoms with E-state index in [4.69, 9.17) is 9.15 Å². The Labute approximate surface area is 243 Å². The highest BCUT2D eigenvalue weighted by Gasteiger charge is 2.47. The van der Waals surface area contributed by atoms with Gasteiger partial charge in [-0.3, -0.25) is 9.59 Å². The average molecular weight is 582 g/mol. The first-order chi connectivity index (χ1) is 20.2. The van der Waals surface area contributed by atoms with Crippen LogP contribution in [0.3, 0.4) is 0 Å². The largest absolute Gasteiger partial charge is 0.497 e. The number of hydrogen-bond donors (Lipinski definition) is 0. The molecule has 5 aromatic rings. The van der Waals surface area contributed by atoms with Gasteiger partial charge in [-0.05, 0) is 73.2 Å². The highest BCUT2D eigenvalue weighted by Crippen LogP contribution is 2.33. The lowest BCUT2D eigenvalue weighted by Crippen LogP contribution is -2.45. The molecule has 0 aliphatic carbocycles. The molecule has 1 saturated heterocycles. The fraction of sp³-hybridized carbons (Fsp3) is 0.156. The van der Waals surface area contributed by atoms with Gasteiger partial charge in [0.25, 0.3) is 5.91 Å². The van der Waals surface area contributed by atoms with Crippen LogP contribution in [0.2, 0.25) is 0 Å². The summed E-state index contributed by atoms with van der Waals surface area (Å²) in [6, 6.07) is 26.2. The predicted octanol–water partition coefficient (Wildman–Crippen LogP) is 5.33. The molecular weight excluding hydrogens is 554 g/mol. The number of ether oxygens (including phenoxy) is 1. The van der Waals surface area contributed by atoms with Crippen molar-refractivity contribution >= 4 is 38.6 Å². The number of hydrogen-bond acceptors (Lipinski definition) is 7. The van der Waals surface area contributed by atoms with Crippen LogP contribution in [0.1, 0.15) is 17.5 Å². The molecular formula is C32H27N3O6S. The Morgan fingerprint density at radius 3 is 2.29 bits per heavy atom. The number of nitrogens with zero attached hydrogens (tertiary/aromatic N) is 3. The molecule has 0 bridgehead atoms. The molecule has 42 heavy (non-hydrogen) atoms. The second-order valence-corrected chi connectivity index (χ2v) is 11.9. The molecule has 0 N–H and O–H groups in total. The molecule has 1 aromatic heterocycles.